The molecule has 1 aliphatic heterocycles. The van der Waals surface area contributed by atoms with Crippen molar-refractivity contribution < 1.29 is 9.53 Å². The molecule has 0 saturated carbocycles. The lowest BCUT2D eigenvalue weighted by molar-refractivity contribution is -0.111. The zero-order chi connectivity index (χ0) is 15.4. The zero-order valence-corrected chi connectivity index (χ0v) is 13.2. The molecule has 2 aromatic heterocycles. The Labute approximate surface area is 132 Å². The maximum Gasteiger partial charge on any atom is 0.248 e. The van der Waals surface area contributed by atoms with Gasteiger partial charge in [-0.2, -0.15) is 5.10 Å². The van der Waals surface area contributed by atoms with Crippen LogP contribution in [-0.4, -0.2) is 33.4 Å². The highest BCUT2D eigenvalue weighted by molar-refractivity contribution is 7.09. The van der Waals surface area contributed by atoms with Crippen LogP contribution in [0.1, 0.15) is 23.5 Å². The molecule has 7 heteroatoms. The molecule has 2 aromatic rings. The molecule has 1 atom stereocenters. The molecular formula is C15H18N4O2S. The number of hydrogen-bond donors (Lipinski definition) is 1. The van der Waals surface area contributed by atoms with Crippen molar-refractivity contribution in [3.63, 3.8) is 0 Å². The molecule has 0 aliphatic carbocycles. The van der Waals surface area contributed by atoms with E-state index < -0.39 is 0 Å². The first-order chi connectivity index (χ1) is 10.7. The van der Waals surface area contributed by atoms with Gasteiger partial charge in [0.05, 0.1) is 35.2 Å². The van der Waals surface area contributed by atoms with E-state index in [1.165, 1.54) is 6.08 Å². The van der Waals surface area contributed by atoms with E-state index in [1.54, 1.807) is 28.3 Å². The fourth-order valence-corrected chi connectivity index (χ4v) is 2.91. The molecule has 0 spiro atoms. The van der Waals surface area contributed by atoms with E-state index >= 15 is 0 Å². The lowest BCUT2D eigenvalue weighted by Gasteiger charge is -2.08. The second-order valence-corrected chi connectivity index (χ2v) is 6.26. The molecule has 1 fully saturated rings. The summed E-state index contributed by atoms with van der Waals surface area (Å²) in [4.78, 5) is 16.1. The van der Waals surface area contributed by atoms with Crippen molar-refractivity contribution in [2.45, 2.75) is 32.4 Å². The van der Waals surface area contributed by atoms with Crippen molar-refractivity contribution in [3.05, 3.63) is 34.6 Å². The number of rotatable bonds is 5. The van der Waals surface area contributed by atoms with Gasteiger partial charge >= 0.3 is 0 Å². The fraction of sp³-hybridized carbons (Fsp3) is 0.400. The summed E-state index contributed by atoms with van der Waals surface area (Å²) in [5.74, 6) is -0.192. The van der Waals surface area contributed by atoms with E-state index in [1.807, 2.05) is 18.5 Å². The van der Waals surface area contributed by atoms with Crippen molar-refractivity contribution in [2.24, 2.45) is 0 Å². The first kappa shape index (κ1) is 14.9. The quantitative estimate of drug-likeness (QED) is 0.860. The van der Waals surface area contributed by atoms with Crippen molar-refractivity contribution in [1.82, 2.24) is 14.8 Å². The predicted molar refractivity (Wildman–Crippen MR) is 85.7 cm³/mol. The molecule has 0 unspecified atom stereocenters. The fourth-order valence-electron chi connectivity index (χ4n) is 2.33. The number of amides is 1. The minimum atomic E-state index is -0.192. The van der Waals surface area contributed by atoms with Crippen LogP contribution in [0.15, 0.2) is 23.8 Å². The average molecular weight is 318 g/mol. The summed E-state index contributed by atoms with van der Waals surface area (Å²) < 4.78 is 7.38. The normalized spacial score (nSPS) is 18.1. The Bertz CT molecular complexity index is 671. The van der Waals surface area contributed by atoms with Gasteiger partial charge in [-0.05, 0) is 25.8 Å². The molecular weight excluding hydrogens is 300 g/mol. The van der Waals surface area contributed by atoms with E-state index in [4.69, 9.17) is 4.74 Å². The summed E-state index contributed by atoms with van der Waals surface area (Å²) in [6.07, 6.45) is 9.06. The minimum Gasteiger partial charge on any atom is -0.376 e. The second kappa shape index (κ2) is 6.85. The van der Waals surface area contributed by atoms with Gasteiger partial charge in [-0.1, -0.05) is 0 Å². The average Bonchev–Trinajstić information content (AvgIpc) is 3.21. The molecule has 22 heavy (non-hydrogen) atoms. The number of carbonyl (C=O) groups is 1. The molecule has 0 bridgehead atoms. The van der Waals surface area contributed by atoms with E-state index in [9.17, 15) is 4.79 Å². The van der Waals surface area contributed by atoms with Crippen molar-refractivity contribution in [3.8, 4) is 0 Å². The third-order valence-electron chi connectivity index (χ3n) is 3.36. The van der Waals surface area contributed by atoms with Gasteiger partial charge in [-0.15, -0.1) is 11.3 Å². The largest absolute Gasteiger partial charge is 0.376 e. The summed E-state index contributed by atoms with van der Waals surface area (Å²) in [7, 11) is 0. The molecule has 1 saturated heterocycles. The third kappa shape index (κ3) is 4.02. The molecule has 1 aliphatic rings. The minimum absolute atomic E-state index is 0.192. The van der Waals surface area contributed by atoms with Crippen LogP contribution < -0.4 is 5.32 Å². The van der Waals surface area contributed by atoms with Crippen LogP contribution in [0.3, 0.4) is 0 Å². The van der Waals surface area contributed by atoms with Crippen LogP contribution in [0.4, 0.5) is 5.69 Å². The van der Waals surface area contributed by atoms with Gasteiger partial charge < -0.3 is 10.1 Å². The van der Waals surface area contributed by atoms with Crippen molar-refractivity contribution >= 4 is 29.0 Å². The molecule has 3 rings (SSSR count). The predicted octanol–water partition coefficient (Wildman–Crippen LogP) is 2.48. The van der Waals surface area contributed by atoms with Gasteiger partial charge in [0.15, 0.2) is 0 Å². The van der Waals surface area contributed by atoms with Gasteiger partial charge in [-0.3, -0.25) is 9.48 Å². The summed E-state index contributed by atoms with van der Waals surface area (Å²) in [5.41, 5.74) is 1.48. The molecule has 116 valence electrons. The second-order valence-electron chi connectivity index (χ2n) is 5.20. The Morgan fingerprint density at radius 1 is 1.64 bits per heavy atom. The Balaban J connectivity index is 1.53. The maximum atomic E-state index is 11.9. The smallest absolute Gasteiger partial charge is 0.248 e. The van der Waals surface area contributed by atoms with E-state index in [0.717, 1.165) is 36.7 Å². The number of anilines is 1. The first-order valence-electron chi connectivity index (χ1n) is 7.24. The standard InChI is InChI=1S/C15H18N4O2S/c1-11-17-12(10-22-11)4-5-15(20)18-13-7-16-19(8-13)9-14-3-2-6-21-14/h4-5,7-8,10,14H,2-3,6,9H2,1H3,(H,18,20)/b5-4-/t14-/m0/s1. The number of nitrogens with zero attached hydrogens (tertiary/aromatic N) is 3. The monoisotopic (exact) mass is 318 g/mol. The van der Waals surface area contributed by atoms with Gasteiger partial charge in [0.25, 0.3) is 0 Å². The van der Waals surface area contributed by atoms with Crippen LogP contribution in [0.2, 0.25) is 0 Å². The topological polar surface area (TPSA) is 69.0 Å². The summed E-state index contributed by atoms with van der Waals surface area (Å²) >= 11 is 1.56. The van der Waals surface area contributed by atoms with E-state index in [-0.39, 0.29) is 12.0 Å². The van der Waals surface area contributed by atoms with Crippen molar-refractivity contribution in [1.29, 1.82) is 0 Å². The number of aryl methyl sites for hydroxylation is 1. The number of thiazole rings is 1. The highest BCUT2D eigenvalue weighted by Crippen LogP contribution is 2.15. The summed E-state index contributed by atoms with van der Waals surface area (Å²) in [5, 5.41) is 9.93. The third-order valence-corrected chi connectivity index (χ3v) is 4.15. The van der Waals surface area contributed by atoms with Crippen LogP contribution in [0, 0.1) is 6.92 Å². The lowest BCUT2D eigenvalue weighted by atomic mass is 10.2. The molecule has 1 N–H and O–H groups in total. The summed E-state index contributed by atoms with van der Waals surface area (Å²) in [6.45, 7) is 3.49. The van der Waals surface area contributed by atoms with Crippen molar-refractivity contribution in [2.75, 3.05) is 11.9 Å². The number of carbonyl (C=O) groups excluding carboxylic acids is 1. The number of nitrogens with one attached hydrogen (secondary N) is 1. The first-order valence-corrected chi connectivity index (χ1v) is 8.12. The maximum absolute atomic E-state index is 11.9. The number of hydrogen-bond acceptors (Lipinski definition) is 5. The van der Waals surface area contributed by atoms with Gasteiger partial charge in [0, 0.05) is 24.3 Å². The van der Waals surface area contributed by atoms with Crippen LogP contribution in [0.5, 0.6) is 0 Å². The zero-order valence-electron chi connectivity index (χ0n) is 12.4. The molecule has 0 radical (unpaired) electrons. The number of aromatic nitrogens is 3. The Morgan fingerprint density at radius 2 is 2.55 bits per heavy atom. The molecule has 1 amide bonds. The molecule has 0 aromatic carbocycles. The number of ether oxygens (including phenoxy) is 1. The van der Waals surface area contributed by atoms with Crippen LogP contribution in [0.25, 0.3) is 6.08 Å². The Hall–Kier alpha value is -1.99. The van der Waals surface area contributed by atoms with Crippen LogP contribution >= 0.6 is 11.3 Å². The van der Waals surface area contributed by atoms with Crippen LogP contribution in [-0.2, 0) is 16.1 Å². The van der Waals surface area contributed by atoms with Gasteiger partial charge in [0.1, 0.15) is 0 Å². The Kier molecular flexibility index (Phi) is 4.65. The lowest BCUT2D eigenvalue weighted by Crippen LogP contribution is -2.15. The van der Waals surface area contributed by atoms with E-state index in [2.05, 4.69) is 15.4 Å². The van der Waals surface area contributed by atoms with Gasteiger partial charge in [-0.25, -0.2) is 4.98 Å². The molecule has 3 heterocycles. The summed E-state index contributed by atoms with van der Waals surface area (Å²) in [6, 6.07) is 0. The van der Waals surface area contributed by atoms with Gasteiger partial charge in [0.2, 0.25) is 5.91 Å². The SMILES string of the molecule is Cc1nc(/C=C\C(=O)Nc2cnn(C[C@@H]3CCCO3)c2)cs1. The van der Waals surface area contributed by atoms with E-state index in [0.29, 0.717) is 5.69 Å². The Morgan fingerprint density at radius 3 is 3.27 bits per heavy atom. The highest BCUT2D eigenvalue weighted by Gasteiger charge is 2.16. The highest BCUT2D eigenvalue weighted by atomic mass is 32.1. The molecule has 6 nitrogen and oxygen atoms in total.